The van der Waals surface area contributed by atoms with Crippen LogP contribution < -0.4 is 0 Å². The third kappa shape index (κ3) is 5.69. The average molecular weight is 534 g/mol. The quantitative estimate of drug-likeness (QED) is 0.362. The number of esters is 1. The van der Waals surface area contributed by atoms with Gasteiger partial charge in [0.15, 0.2) is 0 Å². The first-order valence-corrected chi connectivity index (χ1v) is 13.4. The van der Waals surface area contributed by atoms with Gasteiger partial charge in [0.1, 0.15) is 19.3 Å². The minimum absolute atomic E-state index is 0.0382. The van der Waals surface area contributed by atoms with Crippen molar-refractivity contribution in [2.24, 2.45) is 0 Å². The number of rotatable bonds is 9. The number of carbonyl (C=O) groups excluding carboxylic acids is 3. The van der Waals surface area contributed by atoms with E-state index in [1.165, 1.54) is 18.0 Å². The molecule has 5 rings (SSSR count). The largest absolute Gasteiger partial charge is 0.461 e. The first-order chi connectivity index (χ1) is 19.0. The van der Waals surface area contributed by atoms with Gasteiger partial charge in [-0.25, -0.2) is 4.79 Å². The Morgan fingerprint density at radius 3 is 2.18 bits per heavy atom. The van der Waals surface area contributed by atoms with Gasteiger partial charge >= 0.3 is 12.1 Å². The summed E-state index contributed by atoms with van der Waals surface area (Å²) in [5.74, 6) is -0.965. The third-order valence-electron chi connectivity index (χ3n) is 7.86. The lowest BCUT2D eigenvalue weighted by Gasteiger charge is -2.43. The van der Waals surface area contributed by atoms with Crippen LogP contribution in [0.1, 0.15) is 23.5 Å². The van der Waals surface area contributed by atoms with E-state index in [0.29, 0.717) is 19.1 Å². The van der Waals surface area contributed by atoms with Gasteiger partial charge in [0.25, 0.3) is 0 Å². The number of fused-ring (bicyclic) bond motifs is 3. The van der Waals surface area contributed by atoms with Gasteiger partial charge in [-0.05, 0) is 22.3 Å². The molecule has 2 saturated heterocycles. The Hall–Kier alpha value is -3.69. The summed E-state index contributed by atoms with van der Waals surface area (Å²) in [6, 6.07) is 15.6. The molecule has 2 heterocycles. The highest BCUT2D eigenvalue weighted by atomic mass is 16.6. The summed E-state index contributed by atoms with van der Waals surface area (Å²) in [5, 5.41) is 0. The highest BCUT2D eigenvalue weighted by molar-refractivity contribution is 5.89. The Balaban J connectivity index is 1.26. The summed E-state index contributed by atoms with van der Waals surface area (Å²) in [6.45, 7) is 7.65. The molecule has 2 fully saturated rings. The van der Waals surface area contributed by atoms with Crippen LogP contribution in [0, 0.1) is 0 Å². The number of benzene rings is 2. The number of carbonyl (C=O) groups is 3. The highest BCUT2D eigenvalue weighted by Gasteiger charge is 2.37. The van der Waals surface area contributed by atoms with Crippen LogP contribution >= 0.6 is 0 Å². The van der Waals surface area contributed by atoms with Crippen LogP contribution in [0.25, 0.3) is 11.1 Å². The molecule has 9 heteroatoms. The molecule has 2 amide bonds. The summed E-state index contributed by atoms with van der Waals surface area (Å²) in [6.07, 6.45) is 0.550. The van der Waals surface area contributed by atoms with Crippen LogP contribution in [0.15, 0.2) is 61.2 Å². The summed E-state index contributed by atoms with van der Waals surface area (Å²) < 4.78 is 16.2. The van der Waals surface area contributed by atoms with Crippen molar-refractivity contribution in [2.45, 2.75) is 24.4 Å². The second-order valence-corrected chi connectivity index (χ2v) is 10.2. The topological polar surface area (TPSA) is 88.6 Å². The van der Waals surface area contributed by atoms with E-state index < -0.39 is 18.1 Å². The minimum atomic E-state index is -1.03. The first kappa shape index (κ1) is 26.9. The van der Waals surface area contributed by atoms with Crippen LogP contribution in [0.3, 0.4) is 0 Å². The van der Waals surface area contributed by atoms with Gasteiger partial charge in [-0.3, -0.25) is 19.4 Å². The number of nitrogens with zero attached hydrogens (tertiary/aromatic N) is 3. The molecule has 1 aliphatic carbocycles. The molecular weight excluding hydrogens is 498 g/mol. The first-order valence-electron chi connectivity index (χ1n) is 13.4. The zero-order valence-corrected chi connectivity index (χ0v) is 22.3. The lowest BCUT2D eigenvalue weighted by atomic mass is 9.98. The summed E-state index contributed by atoms with van der Waals surface area (Å²) in [4.78, 5) is 44.7. The molecule has 206 valence electrons. The fraction of sp³-hybridized carbons (Fsp3) is 0.433. The number of likely N-dealkylation sites (N-methyl/N-ethyl adjacent to an activating group) is 1. The van der Waals surface area contributed by atoms with Crippen molar-refractivity contribution in [3.05, 3.63) is 72.3 Å². The molecule has 39 heavy (non-hydrogen) atoms. The molecule has 0 radical (unpaired) electrons. The maximum absolute atomic E-state index is 13.6. The molecule has 2 aliphatic heterocycles. The minimum Gasteiger partial charge on any atom is -0.461 e. The Morgan fingerprint density at radius 1 is 1.00 bits per heavy atom. The van der Waals surface area contributed by atoms with E-state index in [-0.39, 0.29) is 31.5 Å². The predicted molar refractivity (Wildman–Crippen MR) is 145 cm³/mol. The monoisotopic (exact) mass is 533 g/mol. The second kappa shape index (κ2) is 12.0. The number of amides is 2. The van der Waals surface area contributed by atoms with Crippen molar-refractivity contribution in [1.29, 1.82) is 0 Å². The van der Waals surface area contributed by atoms with Crippen molar-refractivity contribution in [1.82, 2.24) is 14.7 Å². The van der Waals surface area contributed by atoms with Crippen LogP contribution in [0.2, 0.25) is 0 Å². The van der Waals surface area contributed by atoms with E-state index in [2.05, 4.69) is 35.7 Å². The number of piperazine rings is 1. The van der Waals surface area contributed by atoms with E-state index >= 15 is 0 Å². The Bertz CT molecular complexity index is 1180. The average Bonchev–Trinajstić information content (AvgIpc) is 3.26. The van der Waals surface area contributed by atoms with Crippen molar-refractivity contribution in [3.8, 4) is 11.1 Å². The SMILES string of the molecule is C=CCOC(=O)C[C@@H](C(=O)N1CCN(C2COC2)CC1)N(C)C(=O)OCC1c2ccccc2-c2ccccc21. The molecular formula is C30H35N3O6. The van der Waals surface area contributed by atoms with E-state index in [0.717, 1.165) is 48.6 Å². The molecule has 0 aromatic heterocycles. The van der Waals surface area contributed by atoms with Crippen LogP contribution in [0.4, 0.5) is 4.79 Å². The van der Waals surface area contributed by atoms with E-state index in [1.807, 2.05) is 24.3 Å². The molecule has 1 atom stereocenters. The normalized spacial score (nSPS) is 17.9. The highest BCUT2D eigenvalue weighted by Crippen LogP contribution is 2.44. The lowest BCUT2D eigenvalue weighted by molar-refractivity contribution is -0.149. The van der Waals surface area contributed by atoms with Crippen molar-refractivity contribution >= 4 is 18.0 Å². The molecule has 3 aliphatic rings. The third-order valence-corrected chi connectivity index (χ3v) is 7.86. The summed E-state index contributed by atoms with van der Waals surface area (Å²) in [7, 11) is 1.50. The van der Waals surface area contributed by atoms with Crippen molar-refractivity contribution in [2.75, 3.05) is 59.7 Å². The summed E-state index contributed by atoms with van der Waals surface area (Å²) in [5.41, 5.74) is 4.47. The van der Waals surface area contributed by atoms with Gasteiger partial charge in [0, 0.05) is 39.1 Å². The smallest absolute Gasteiger partial charge is 0.410 e. The fourth-order valence-electron chi connectivity index (χ4n) is 5.53. The molecule has 0 spiro atoms. The molecule has 0 N–H and O–H groups in total. The zero-order valence-electron chi connectivity index (χ0n) is 22.3. The maximum atomic E-state index is 13.6. The number of ether oxygens (including phenoxy) is 3. The standard InChI is InChI=1S/C30H35N3O6/c1-3-16-38-28(34)17-27(29(35)33-14-12-32(13-15-33)21-18-37-19-21)31(2)30(36)39-20-26-24-10-6-4-8-22(24)23-9-5-7-11-25(23)26/h3-11,21,26-27H,1,12-20H2,2H3/t27-/m0/s1. The van der Waals surface area contributed by atoms with Crippen LogP contribution in [0.5, 0.6) is 0 Å². The number of hydrogen-bond acceptors (Lipinski definition) is 7. The molecule has 0 saturated carbocycles. The zero-order chi connectivity index (χ0) is 27.4. The molecule has 9 nitrogen and oxygen atoms in total. The van der Waals surface area contributed by atoms with Crippen LogP contribution in [-0.2, 0) is 23.8 Å². The maximum Gasteiger partial charge on any atom is 0.410 e. The van der Waals surface area contributed by atoms with E-state index in [1.54, 1.807) is 4.90 Å². The second-order valence-electron chi connectivity index (χ2n) is 10.2. The molecule has 0 bridgehead atoms. The Kier molecular flexibility index (Phi) is 8.28. The van der Waals surface area contributed by atoms with Crippen molar-refractivity contribution in [3.63, 3.8) is 0 Å². The van der Waals surface area contributed by atoms with Crippen molar-refractivity contribution < 1.29 is 28.6 Å². The molecule has 2 aromatic carbocycles. The van der Waals surface area contributed by atoms with Crippen LogP contribution in [-0.4, -0.2) is 104 Å². The van der Waals surface area contributed by atoms with E-state index in [4.69, 9.17) is 14.2 Å². The lowest BCUT2D eigenvalue weighted by Crippen LogP contribution is -2.60. The summed E-state index contributed by atoms with van der Waals surface area (Å²) >= 11 is 0. The van der Waals surface area contributed by atoms with Gasteiger partial charge in [-0.1, -0.05) is 61.2 Å². The molecule has 0 unspecified atom stereocenters. The van der Waals surface area contributed by atoms with Gasteiger partial charge in [-0.15, -0.1) is 0 Å². The number of hydrogen-bond donors (Lipinski definition) is 0. The molecule has 2 aromatic rings. The Labute approximate surface area is 228 Å². The van der Waals surface area contributed by atoms with Gasteiger partial charge in [0.05, 0.1) is 25.7 Å². The van der Waals surface area contributed by atoms with Gasteiger partial charge in [-0.2, -0.15) is 0 Å². The predicted octanol–water partition coefficient (Wildman–Crippen LogP) is 2.90. The fourth-order valence-corrected chi connectivity index (χ4v) is 5.53. The van der Waals surface area contributed by atoms with Gasteiger partial charge < -0.3 is 19.1 Å². The Morgan fingerprint density at radius 2 is 1.62 bits per heavy atom. The van der Waals surface area contributed by atoms with E-state index in [9.17, 15) is 14.4 Å². The van der Waals surface area contributed by atoms with Gasteiger partial charge in [0.2, 0.25) is 5.91 Å².